The van der Waals surface area contributed by atoms with Crippen molar-refractivity contribution in [2.75, 3.05) is 6.61 Å². The van der Waals surface area contributed by atoms with Gasteiger partial charge in [-0.15, -0.1) is 0 Å². The van der Waals surface area contributed by atoms with Crippen LogP contribution in [-0.2, 0) is 6.18 Å². The molecule has 0 saturated heterocycles. The van der Waals surface area contributed by atoms with E-state index in [1.165, 1.54) is 25.3 Å². The average Bonchev–Trinajstić information content (AvgIpc) is 2.31. The fraction of sp³-hybridized carbons (Fsp3) is 0.500. The highest BCUT2D eigenvalue weighted by Gasteiger charge is 2.33. The molecular weight excluding hydrogens is 257 g/mol. The first-order valence-electron chi connectivity index (χ1n) is 6.30. The number of halogens is 3. The molecule has 0 radical (unpaired) electrons. The van der Waals surface area contributed by atoms with E-state index in [1.807, 2.05) is 0 Å². The molecule has 0 aromatic heterocycles. The van der Waals surface area contributed by atoms with Crippen LogP contribution in [0.4, 0.5) is 13.2 Å². The monoisotopic (exact) mass is 272 g/mol. The number of aldehydes is 1. The maximum absolute atomic E-state index is 12.7. The van der Waals surface area contributed by atoms with E-state index in [1.54, 1.807) is 0 Å². The van der Waals surface area contributed by atoms with Crippen LogP contribution in [0.2, 0.25) is 0 Å². The second kappa shape index (κ2) is 5.63. The molecule has 0 heterocycles. The molecule has 0 unspecified atom stereocenters. The topological polar surface area (TPSA) is 26.3 Å². The van der Waals surface area contributed by atoms with E-state index in [0.717, 1.165) is 18.6 Å². The van der Waals surface area contributed by atoms with Gasteiger partial charge in [0, 0.05) is 5.56 Å². The van der Waals surface area contributed by atoms with Gasteiger partial charge in [-0.2, -0.15) is 13.2 Å². The molecule has 2 rings (SSSR count). The maximum atomic E-state index is 12.7. The molecule has 0 N–H and O–H groups in total. The number of rotatable bonds is 5. The lowest BCUT2D eigenvalue weighted by atomic mass is 9.83. The van der Waals surface area contributed by atoms with Gasteiger partial charge < -0.3 is 4.74 Å². The maximum Gasteiger partial charge on any atom is 0.417 e. The smallest absolute Gasteiger partial charge is 0.417 e. The second-order valence-corrected chi connectivity index (χ2v) is 4.80. The van der Waals surface area contributed by atoms with Gasteiger partial charge in [0.1, 0.15) is 5.75 Å². The zero-order valence-corrected chi connectivity index (χ0v) is 10.4. The first-order chi connectivity index (χ1) is 9.00. The summed E-state index contributed by atoms with van der Waals surface area (Å²) in [5.41, 5.74) is -1.30. The van der Waals surface area contributed by atoms with Crippen LogP contribution in [0.3, 0.4) is 0 Å². The van der Waals surface area contributed by atoms with Crippen LogP contribution in [0.5, 0.6) is 5.75 Å². The number of carbonyl (C=O) groups excluding carboxylic acids is 1. The summed E-state index contributed by atoms with van der Waals surface area (Å²) in [6.07, 6.45) is 0.140. The van der Waals surface area contributed by atoms with E-state index in [4.69, 9.17) is 4.74 Å². The minimum absolute atomic E-state index is 0.164. The molecule has 104 valence electrons. The fourth-order valence-electron chi connectivity index (χ4n) is 2.10. The van der Waals surface area contributed by atoms with Crippen molar-refractivity contribution in [1.29, 1.82) is 0 Å². The molecule has 0 bridgehead atoms. The summed E-state index contributed by atoms with van der Waals surface area (Å²) >= 11 is 0. The number of carbonyl (C=O) groups is 1. The molecule has 1 aliphatic rings. The first kappa shape index (κ1) is 13.9. The van der Waals surface area contributed by atoms with Crippen LogP contribution in [0.25, 0.3) is 0 Å². The van der Waals surface area contributed by atoms with Crippen molar-refractivity contribution in [2.24, 2.45) is 5.92 Å². The molecular formula is C14H15F3O2. The van der Waals surface area contributed by atoms with Gasteiger partial charge in [0.05, 0.1) is 12.2 Å². The van der Waals surface area contributed by atoms with Gasteiger partial charge in [0.15, 0.2) is 6.29 Å². The summed E-state index contributed by atoms with van der Waals surface area (Å²) in [6.45, 7) is 0.419. The van der Waals surface area contributed by atoms with E-state index in [9.17, 15) is 18.0 Å². The molecule has 19 heavy (non-hydrogen) atoms. The van der Waals surface area contributed by atoms with E-state index < -0.39 is 11.7 Å². The third kappa shape index (κ3) is 3.49. The van der Waals surface area contributed by atoms with Gasteiger partial charge >= 0.3 is 6.18 Å². The van der Waals surface area contributed by atoms with Crippen LogP contribution < -0.4 is 4.74 Å². The second-order valence-electron chi connectivity index (χ2n) is 4.80. The van der Waals surface area contributed by atoms with Crippen LogP contribution >= 0.6 is 0 Å². The quantitative estimate of drug-likeness (QED) is 0.755. The minimum Gasteiger partial charge on any atom is -0.494 e. The van der Waals surface area contributed by atoms with Crippen LogP contribution in [0.15, 0.2) is 18.2 Å². The van der Waals surface area contributed by atoms with Crippen LogP contribution in [-0.4, -0.2) is 12.9 Å². The predicted octanol–water partition coefficient (Wildman–Crippen LogP) is 4.09. The van der Waals surface area contributed by atoms with E-state index in [2.05, 4.69) is 0 Å². The molecule has 0 aliphatic heterocycles. The molecule has 2 nitrogen and oxygen atoms in total. The summed E-state index contributed by atoms with van der Waals surface area (Å²) in [4.78, 5) is 10.6. The lowest BCUT2D eigenvalue weighted by molar-refractivity contribution is -0.137. The first-order valence-corrected chi connectivity index (χ1v) is 6.30. The summed E-state index contributed by atoms with van der Waals surface area (Å²) in [5.74, 6) is 0.814. The Kier molecular flexibility index (Phi) is 4.12. The van der Waals surface area contributed by atoms with Crippen molar-refractivity contribution >= 4 is 6.29 Å². The summed E-state index contributed by atoms with van der Waals surface area (Å²) < 4.78 is 43.5. The standard InChI is InChI=1S/C14H15F3O2/c15-14(16,17)13-8-12(5-4-11(13)9-18)19-7-6-10-2-1-3-10/h4-5,8-10H,1-3,6-7H2. The van der Waals surface area contributed by atoms with Crippen LogP contribution in [0, 0.1) is 5.92 Å². The van der Waals surface area contributed by atoms with Crippen molar-refractivity contribution in [3.05, 3.63) is 29.3 Å². The average molecular weight is 272 g/mol. The molecule has 1 aromatic carbocycles. The van der Waals surface area contributed by atoms with Crippen molar-refractivity contribution < 1.29 is 22.7 Å². The fourth-order valence-corrected chi connectivity index (χ4v) is 2.10. The van der Waals surface area contributed by atoms with E-state index in [-0.39, 0.29) is 17.6 Å². The zero-order chi connectivity index (χ0) is 13.9. The van der Waals surface area contributed by atoms with E-state index in [0.29, 0.717) is 12.5 Å². The van der Waals surface area contributed by atoms with Crippen molar-refractivity contribution in [1.82, 2.24) is 0 Å². The Bertz CT molecular complexity index is 450. The molecule has 1 saturated carbocycles. The van der Waals surface area contributed by atoms with Crippen molar-refractivity contribution in [2.45, 2.75) is 31.9 Å². The summed E-state index contributed by atoms with van der Waals surface area (Å²) in [6, 6.07) is 3.44. The zero-order valence-electron chi connectivity index (χ0n) is 10.4. The van der Waals surface area contributed by atoms with E-state index >= 15 is 0 Å². The Hall–Kier alpha value is -1.52. The minimum atomic E-state index is -4.54. The summed E-state index contributed by atoms with van der Waals surface area (Å²) in [5, 5.41) is 0. The molecule has 1 aromatic rings. The van der Waals surface area contributed by atoms with Gasteiger partial charge in [-0.25, -0.2) is 0 Å². The number of hydrogen-bond acceptors (Lipinski definition) is 2. The highest BCUT2D eigenvalue weighted by atomic mass is 19.4. The third-order valence-corrected chi connectivity index (χ3v) is 3.48. The van der Waals surface area contributed by atoms with Gasteiger partial charge in [0.2, 0.25) is 0 Å². The van der Waals surface area contributed by atoms with Gasteiger partial charge in [-0.1, -0.05) is 19.3 Å². The molecule has 1 aliphatic carbocycles. The Morgan fingerprint density at radius 1 is 1.32 bits per heavy atom. The van der Waals surface area contributed by atoms with Crippen LogP contribution in [0.1, 0.15) is 41.6 Å². The highest BCUT2D eigenvalue weighted by Crippen LogP contribution is 2.34. The number of hydrogen-bond donors (Lipinski definition) is 0. The predicted molar refractivity (Wildman–Crippen MR) is 64.3 cm³/mol. The third-order valence-electron chi connectivity index (χ3n) is 3.48. The number of alkyl halides is 3. The number of ether oxygens (including phenoxy) is 1. The SMILES string of the molecule is O=Cc1ccc(OCCC2CCC2)cc1C(F)(F)F. The molecule has 0 spiro atoms. The summed E-state index contributed by atoms with van der Waals surface area (Å²) in [7, 11) is 0. The van der Waals surface area contributed by atoms with Gasteiger partial charge in [-0.05, 0) is 30.5 Å². The van der Waals surface area contributed by atoms with Crippen molar-refractivity contribution in [3.8, 4) is 5.75 Å². The Labute approximate surface area is 109 Å². The normalized spacial score (nSPS) is 15.9. The Balaban J connectivity index is 2.02. The molecule has 0 atom stereocenters. The Morgan fingerprint density at radius 2 is 2.05 bits per heavy atom. The molecule has 5 heteroatoms. The largest absolute Gasteiger partial charge is 0.494 e. The van der Waals surface area contributed by atoms with Gasteiger partial charge in [-0.3, -0.25) is 4.79 Å². The Morgan fingerprint density at radius 3 is 2.58 bits per heavy atom. The van der Waals surface area contributed by atoms with Crippen molar-refractivity contribution in [3.63, 3.8) is 0 Å². The highest BCUT2D eigenvalue weighted by molar-refractivity contribution is 5.78. The lowest BCUT2D eigenvalue weighted by Crippen LogP contribution is -2.15. The lowest BCUT2D eigenvalue weighted by Gasteiger charge is -2.25. The van der Waals surface area contributed by atoms with Gasteiger partial charge in [0.25, 0.3) is 0 Å². The number of benzene rings is 1. The molecule has 1 fully saturated rings. The molecule has 0 amide bonds.